The molecule has 0 saturated heterocycles. The standard InChI is InChI=1S/C24H24ClFIN5O5S/c1-12-21(37-15-7-8-16(25)19(11-15)31-38(35,36)28-2)20(23(33)29-14-5-6-14)22(32(3)24(12)34)30-18-9-4-13(27)10-17(18)26/h4,7-11,14,28,30-31H,5-6H2,1-3H3,(H,29,33). The quantitative estimate of drug-likeness (QED) is 0.249. The van der Waals surface area contributed by atoms with Crippen molar-refractivity contribution in [1.29, 1.82) is 0 Å². The highest BCUT2D eigenvalue weighted by Gasteiger charge is 2.30. The molecule has 3 aromatic rings. The van der Waals surface area contributed by atoms with Crippen molar-refractivity contribution in [2.75, 3.05) is 17.1 Å². The van der Waals surface area contributed by atoms with Gasteiger partial charge in [0, 0.05) is 29.8 Å². The molecule has 0 aliphatic heterocycles. The number of pyridine rings is 1. The molecule has 0 unspecified atom stereocenters. The van der Waals surface area contributed by atoms with E-state index in [0.717, 1.165) is 12.8 Å². The number of ether oxygens (including phenoxy) is 1. The number of carbonyl (C=O) groups is 1. The summed E-state index contributed by atoms with van der Waals surface area (Å²) in [6.45, 7) is 1.50. The number of benzene rings is 2. The molecule has 14 heteroatoms. The van der Waals surface area contributed by atoms with E-state index in [1.54, 1.807) is 6.07 Å². The summed E-state index contributed by atoms with van der Waals surface area (Å²) in [6, 6.07) is 8.68. The summed E-state index contributed by atoms with van der Waals surface area (Å²) in [7, 11) is -1.19. The Labute approximate surface area is 237 Å². The Kier molecular flexibility index (Phi) is 8.20. The molecule has 202 valence electrons. The third kappa shape index (κ3) is 6.22. The predicted octanol–water partition coefficient (Wildman–Crippen LogP) is 4.40. The molecule has 38 heavy (non-hydrogen) atoms. The van der Waals surface area contributed by atoms with Crippen LogP contribution in [-0.2, 0) is 17.3 Å². The molecule has 1 fully saturated rings. The van der Waals surface area contributed by atoms with Crippen molar-refractivity contribution in [2.45, 2.75) is 25.8 Å². The number of nitrogens with one attached hydrogen (secondary N) is 4. The van der Waals surface area contributed by atoms with Gasteiger partial charge < -0.3 is 15.4 Å². The molecular weight excluding hydrogens is 652 g/mol. The lowest BCUT2D eigenvalue weighted by molar-refractivity contribution is 0.0948. The van der Waals surface area contributed by atoms with Crippen LogP contribution >= 0.6 is 34.2 Å². The van der Waals surface area contributed by atoms with Crippen LogP contribution < -0.4 is 30.4 Å². The first-order valence-corrected chi connectivity index (χ1v) is 14.3. The van der Waals surface area contributed by atoms with E-state index in [9.17, 15) is 22.4 Å². The van der Waals surface area contributed by atoms with Crippen molar-refractivity contribution >= 4 is 67.5 Å². The molecule has 1 aliphatic rings. The van der Waals surface area contributed by atoms with Gasteiger partial charge in [-0.15, -0.1) is 0 Å². The van der Waals surface area contributed by atoms with E-state index >= 15 is 0 Å². The van der Waals surface area contributed by atoms with E-state index in [1.807, 2.05) is 22.6 Å². The van der Waals surface area contributed by atoms with Gasteiger partial charge in [0.15, 0.2) is 5.75 Å². The smallest absolute Gasteiger partial charge is 0.298 e. The van der Waals surface area contributed by atoms with Crippen molar-refractivity contribution in [3.05, 3.63) is 72.3 Å². The summed E-state index contributed by atoms with van der Waals surface area (Å²) in [5.41, 5.74) is -0.299. The number of nitrogens with zero attached hydrogens (tertiary/aromatic N) is 1. The largest absolute Gasteiger partial charge is 0.456 e. The lowest BCUT2D eigenvalue weighted by Gasteiger charge is -2.21. The fourth-order valence-electron chi connectivity index (χ4n) is 3.56. The minimum Gasteiger partial charge on any atom is -0.456 e. The molecule has 0 bridgehead atoms. The van der Waals surface area contributed by atoms with Gasteiger partial charge in [0.1, 0.15) is 22.9 Å². The Bertz CT molecular complexity index is 1590. The first-order valence-electron chi connectivity index (χ1n) is 11.4. The number of halogens is 3. The van der Waals surface area contributed by atoms with Gasteiger partial charge in [-0.2, -0.15) is 8.42 Å². The molecule has 0 radical (unpaired) electrons. The van der Waals surface area contributed by atoms with Gasteiger partial charge in [0.25, 0.3) is 21.7 Å². The lowest BCUT2D eigenvalue weighted by Crippen LogP contribution is -2.31. The van der Waals surface area contributed by atoms with Crippen LogP contribution in [0.2, 0.25) is 5.02 Å². The molecule has 1 amide bonds. The fraction of sp³-hybridized carbons (Fsp3) is 0.250. The molecule has 1 heterocycles. The zero-order chi connectivity index (χ0) is 27.8. The average Bonchev–Trinajstić information content (AvgIpc) is 3.68. The molecular formula is C24H24ClFIN5O5S. The predicted molar refractivity (Wildman–Crippen MR) is 152 cm³/mol. The van der Waals surface area contributed by atoms with Crippen molar-refractivity contribution in [2.24, 2.45) is 7.05 Å². The Morgan fingerprint density at radius 3 is 2.53 bits per heavy atom. The second-order valence-electron chi connectivity index (χ2n) is 8.59. The Balaban J connectivity index is 1.85. The van der Waals surface area contributed by atoms with Crippen molar-refractivity contribution in [1.82, 2.24) is 14.6 Å². The zero-order valence-electron chi connectivity index (χ0n) is 20.5. The minimum absolute atomic E-state index is 0.0123. The van der Waals surface area contributed by atoms with Crippen LogP contribution in [0.25, 0.3) is 0 Å². The van der Waals surface area contributed by atoms with E-state index in [1.165, 1.54) is 55.9 Å². The molecule has 4 rings (SSSR count). The van der Waals surface area contributed by atoms with E-state index < -0.39 is 27.5 Å². The number of aromatic nitrogens is 1. The highest BCUT2D eigenvalue weighted by atomic mass is 127. The summed E-state index contributed by atoms with van der Waals surface area (Å²) in [4.78, 5) is 26.6. The lowest BCUT2D eigenvalue weighted by atomic mass is 10.1. The van der Waals surface area contributed by atoms with Crippen LogP contribution in [0, 0.1) is 16.3 Å². The SMILES string of the molecule is CNS(=O)(=O)Nc1cc(Oc2c(C(=O)NC3CC3)c(Nc3ccc(I)cc3F)n(C)c(=O)c2C)ccc1Cl. The minimum atomic E-state index is -3.89. The zero-order valence-corrected chi connectivity index (χ0v) is 24.2. The maximum absolute atomic E-state index is 14.7. The molecule has 1 aromatic heterocycles. The van der Waals surface area contributed by atoms with Crippen LogP contribution in [0.5, 0.6) is 11.5 Å². The van der Waals surface area contributed by atoms with Crippen molar-refractivity contribution in [3.8, 4) is 11.5 Å². The van der Waals surface area contributed by atoms with Crippen LogP contribution in [0.4, 0.5) is 21.6 Å². The van der Waals surface area contributed by atoms with E-state index in [2.05, 4.69) is 20.1 Å². The normalized spacial score (nSPS) is 13.2. The van der Waals surface area contributed by atoms with E-state index in [0.29, 0.717) is 3.57 Å². The number of anilines is 3. The highest BCUT2D eigenvalue weighted by molar-refractivity contribution is 14.1. The van der Waals surface area contributed by atoms with E-state index in [-0.39, 0.29) is 50.9 Å². The second-order valence-corrected chi connectivity index (χ2v) is 11.9. The number of carbonyl (C=O) groups excluding carboxylic acids is 1. The number of hydrogen-bond acceptors (Lipinski definition) is 6. The second kappa shape index (κ2) is 11.1. The summed E-state index contributed by atoms with van der Waals surface area (Å²) >= 11 is 8.13. The monoisotopic (exact) mass is 675 g/mol. The summed E-state index contributed by atoms with van der Waals surface area (Å²) in [5.74, 6) is -1.02. The summed E-state index contributed by atoms with van der Waals surface area (Å²) in [5, 5.41) is 5.87. The van der Waals surface area contributed by atoms with Crippen LogP contribution in [-0.4, -0.2) is 32.0 Å². The Morgan fingerprint density at radius 2 is 1.89 bits per heavy atom. The molecule has 0 spiro atoms. The topological polar surface area (TPSA) is 131 Å². The maximum Gasteiger partial charge on any atom is 0.298 e. The Hall–Kier alpha value is -2.88. The van der Waals surface area contributed by atoms with Crippen molar-refractivity contribution < 1.29 is 22.3 Å². The molecule has 0 atom stereocenters. The van der Waals surface area contributed by atoms with Crippen LogP contribution in [0.1, 0.15) is 28.8 Å². The Morgan fingerprint density at radius 1 is 1.18 bits per heavy atom. The first kappa shape index (κ1) is 28.1. The molecule has 1 saturated carbocycles. The number of rotatable bonds is 9. The van der Waals surface area contributed by atoms with Gasteiger partial charge in [-0.1, -0.05) is 11.6 Å². The van der Waals surface area contributed by atoms with Gasteiger partial charge in [-0.25, -0.2) is 9.11 Å². The van der Waals surface area contributed by atoms with Gasteiger partial charge in [-0.05, 0) is 72.7 Å². The highest BCUT2D eigenvalue weighted by Crippen LogP contribution is 2.37. The summed E-state index contributed by atoms with van der Waals surface area (Å²) in [6.07, 6.45) is 1.63. The molecule has 2 aromatic carbocycles. The summed E-state index contributed by atoms with van der Waals surface area (Å²) < 4.78 is 51.0. The van der Waals surface area contributed by atoms with Crippen molar-refractivity contribution in [3.63, 3.8) is 0 Å². The van der Waals surface area contributed by atoms with Gasteiger partial charge in [-0.3, -0.25) is 18.9 Å². The number of hydrogen-bond donors (Lipinski definition) is 4. The third-order valence-electron chi connectivity index (χ3n) is 5.76. The van der Waals surface area contributed by atoms with E-state index in [4.69, 9.17) is 16.3 Å². The van der Waals surface area contributed by atoms with Gasteiger partial charge in [0.2, 0.25) is 0 Å². The van der Waals surface area contributed by atoms with Gasteiger partial charge >= 0.3 is 0 Å². The maximum atomic E-state index is 14.7. The van der Waals surface area contributed by atoms with Crippen LogP contribution in [0.15, 0.2) is 41.2 Å². The molecule has 10 nitrogen and oxygen atoms in total. The molecule has 4 N–H and O–H groups in total. The molecule has 1 aliphatic carbocycles. The first-order chi connectivity index (χ1) is 17.9. The fourth-order valence-corrected chi connectivity index (χ4v) is 4.80. The number of amides is 1. The van der Waals surface area contributed by atoms with Gasteiger partial charge in [0.05, 0.1) is 22.0 Å². The third-order valence-corrected chi connectivity index (χ3v) is 7.79. The van der Waals surface area contributed by atoms with Crippen LogP contribution in [0.3, 0.4) is 0 Å². The average molecular weight is 676 g/mol.